The summed E-state index contributed by atoms with van der Waals surface area (Å²) >= 11 is 0. The van der Waals surface area contributed by atoms with Crippen LogP contribution in [0.2, 0.25) is 0 Å². The fourth-order valence-corrected chi connectivity index (χ4v) is 2.96. The quantitative estimate of drug-likeness (QED) is 0.780. The van der Waals surface area contributed by atoms with E-state index in [-0.39, 0.29) is 17.3 Å². The average Bonchev–Trinajstić information content (AvgIpc) is 2.57. The molecule has 0 unspecified atom stereocenters. The van der Waals surface area contributed by atoms with Crippen molar-refractivity contribution in [3.05, 3.63) is 6.20 Å². The molecule has 0 aliphatic carbocycles. The SMILES string of the molecule is CCn1cc(S(=O)(=O)N(C)CC(C)(C)O)c(N)n1. The number of nitrogens with zero attached hydrogens (tertiary/aromatic N) is 3. The van der Waals surface area contributed by atoms with Crippen LogP contribution in [0.4, 0.5) is 5.82 Å². The Morgan fingerprint density at radius 3 is 2.50 bits per heavy atom. The summed E-state index contributed by atoms with van der Waals surface area (Å²) in [5, 5.41) is 13.6. The van der Waals surface area contributed by atoms with Crippen molar-refractivity contribution in [2.45, 2.75) is 37.8 Å². The number of aromatic nitrogens is 2. The second-order valence-electron chi connectivity index (χ2n) is 4.81. The van der Waals surface area contributed by atoms with Gasteiger partial charge in [0.1, 0.15) is 4.90 Å². The van der Waals surface area contributed by atoms with E-state index in [1.807, 2.05) is 6.92 Å². The Kier molecular flexibility index (Phi) is 4.04. The molecule has 8 heteroatoms. The number of rotatable bonds is 5. The van der Waals surface area contributed by atoms with Crippen molar-refractivity contribution < 1.29 is 13.5 Å². The lowest BCUT2D eigenvalue weighted by molar-refractivity contribution is 0.0640. The average molecular weight is 276 g/mol. The number of nitrogens with two attached hydrogens (primary N) is 1. The molecule has 3 N–H and O–H groups in total. The largest absolute Gasteiger partial charge is 0.389 e. The van der Waals surface area contributed by atoms with E-state index in [0.29, 0.717) is 6.54 Å². The van der Waals surface area contributed by atoms with Gasteiger partial charge in [-0.3, -0.25) is 4.68 Å². The second-order valence-corrected chi connectivity index (χ2v) is 6.82. The highest BCUT2D eigenvalue weighted by molar-refractivity contribution is 7.89. The molecule has 1 rings (SSSR count). The molecule has 1 aromatic rings. The predicted octanol–water partition coefficient (Wildman–Crippen LogP) is -0.123. The molecule has 1 aromatic heterocycles. The molecule has 0 spiro atoms. The fourth-order valence-electron chi connectivity index (χ4n) is 1.58. The van der Waals surface area contributed by atoms with Gasteiger partial charge < -0.3 is 10.8 Å². The van der Waals surface area contributed by atoms with Crippen LogP contribution in [0, 0.1) is 0 Å². The minimum absolute atomic E-state index is 0.0217. The normalized spacial score (nSPS) is 13.2. The van der Waals surface area contributed by atoms with Crippen LogP contribution in [0.5, 0.6) is 0 Å². The van der Waals surface area contributed by atoms with Gasteiger partial charge in [0, 0.05) is 26.3 Å². The molecule has 0 bridgehead atoms. The van der Waals surface area contributed by atoms with Crippen LogP contribution in [0.15, 0.2) is 11.1 Å². The molecule has 0 atom stereocenters. The first kappa shape index (κ1) is 14.9. The van der Waals surface area contributed by atoms with E-state index >= 15 is 0 Å². The summed E-state index contributed by atoms with van der Waals surface area (Å²) in [4.78, 5) is -0.0314. The van der Waals surface area contributed by atoms with E-state index in [0.717, 1.165) is 4.31 Å². The third-order valence-corrected chi connectivity index (χ3v) is 4.20. The van der Waals surface area contributed by atoms with Gasteiger partial charge in [0.15, 0.2) is 5.82 Å². The number of likely N-dealkylation sites (N-methyl/N-ethyl adjacent to an activating group) is 1. The molecule has 0 fully saturated rings. The van der Waals surface area contributed by atoms with Gasteiger partial charge in [-0.25, -0.2) is 8.42 Å². The first-order chi connectivity index (χ1) is 8.08. The van der Waals surface area contributed by atoms with E-state index < -0.39 is 15.6 Å². The first-order valence-electron chi connectivity index (χ1n) is 5.59. The Labute approximate surface area is 107 Å². The summed E-state index contributed by atoms with van der Waals surface area (Å²) in [7, 11) is -2.33. The van der Waals surface area contributed by atoms with Crippen molar-refractivity contribution in [2.24, 2.45) is 0 Å². The number of hydrogen-bond acceptors (Lipinski definition) is 5. The van der Waals surface area contributed by atoms with E-state index in [2.05, 4.69) is 5.10 Å². The maximum Gasteiger partial charge on any atom is 0.248 e. The molecule has 0 aliphatic heterocycles. The molecule has 0 radical (unpaired) electrons. The number of sulfonamides is 1. The van der Waals surface area contributed by atoms with Crippen molar-refractivity contribution in [1.82, 2.24) is 14.1 Å². The van der Waals surface area contributed by atoms with Crippen molar-refractivity contribution in [2.75, 3.05) is 19.3 Å². The third-order valence-electron chi connectivity index (χ3n) is 2.38. The minimum atomic E-state index is -3.73. The number of aliphatic hydroxyl groups is 1. The Bertz CT molecular complexity index is 516. The van der Waals surface area contributed by atoms with Crippen LogP contribution < -0.4 is 5.73 Å². The van der Waals surface area contributed by atoms with Crippen molar-refractivity contribution in [1.29, 1.82) is 0 Å². The van der Waals surface area contributed by atoms with Crippen molar-refractivity contribution in [3.63, 3.8) is 0 Å². The fraction of sp³-hybridized carbons (Fsp3) is 0.700. The van der Waals surface area contributed by atoms with Gasteiger partial charge >= 0.3 is 0 Å². The Morgan fingerprint density at radius 2 is 2.11 bits per heavy atom. The standard InChI is InChI=1S/C10H20N4O3S/c1-5-14-6-8(9(11)12-14)18(16,17)13(4)7-10(2,3)15/h6,15H,5,7H2,1-4H3,(H2,11,12). The third kappa shape index (κ3) is 3.21. The summed E-state index contributed by atoms with van der Waals surface area (Å²) in [6, 6.07) is 0. The van der Waals surface area contributed by atoms with Gasteiger partial charge in [-0.2, -0.15) is 9.40 Å². The molecule has 0 aromatic carbocycles. The molecule has 0 saturated carbocycles. The molecule has 0 aliphatic rings. The zero-order valence-corrected chi connectivity index (χ0v) is 11.9. The highest BCUT2D eigenvalue weighted by Crippen LogP contribution is 2.21. The lowest BCUT2D eigenvalue weighted by Crippen LogP contribution is -2.39. The highest BCUT2D eigenvalue weighted by Gasteiger charge is 2.29. The number of aryl methyl sites for hydroxylation is 1. The second kappa shape index (κ2) is 4.87. The van der Waals surface area contributed by atoms with Crippen LogP contribution >= 0.6 is 0 Å². The monoisotopic (exact) mass is 276 g/mol. The van der Waals surface area contributed by atoms with Gasteiger partial charge in [0.2, 0.25) is 10.0 Å². The maximum absolute atomic E-state index is 12.2. The lowest BCUT2D eigenvalue weighted by atomic mass is 10.1. The smallest absolute Gasteiger partial charge is 0.248 e. The van der Waals surface area contributed by atoms with Gasteiger partial charge in [-0.05, 0) is 20.8 Å². The van der Waals surface area contributed by atoms with Gasteiger partial charge in [0.25, 0.3) is 0 Å². The predicted molar refractivity (Wildman–Crippen MR) is 68.4 cm³/mol. The summed E-state index contributed by atoms with van der Waals surface area (Å²) in [6.45, 7) is 5.43. The Hall–Kier alpha value is -1.12. The van der Waals surface area contributed by atoms with Crippen LogP contribution in [0.25, 0.3) is 0 Å². The first-order valence-corrected chi connectivity index (χ1v) is 7.03. The summed E-state index contributed by atoms with van der Waals surface area (Å²) in [6.07, 6.45) is 1.39. The topological polar surface area (TPSA) is 101 Å². The summed E-state index contributed by atoms with van der Waals surface area (Å²) < 4.78 is 27.0. The number of hydrogen-bond donors (Lipinski definition) is 2. The van der Waals surface area contributed by atoms with Gasteiger partial charge in [-0.15, -0.1) is 0 Å². The zero-order valence-electron chi connectivity index (χ0n) is 11.1. The summed E-state index contributed by atoms with van der Waals surface area (Å²) in [5.41, 5.74) is 4.49. The molecular weight excluding hydrogens is 256 g/mol. The van der Waals surface area contributed by atoms with Crippen LogP contribution in [0.1, 0.15) is 20.8 Å². The number of anilines is 1. The van der Waals surface area contributed by atoms with E-state index in [1.165, 1.54) is 31.8 Å². The Balaban J connectivity index is 3.09. The molecule has 0 saturated heterocycles. The molecule has 0 amide bonds. The van der Waals surface area contributed by atoms with Gasteiger partial charge in [-0.1, -0.05) is 0 Å². The molecule has 1 heterocycles. The van der Waals surface area contributed by atoms with Crippen molar-refractivity contribution >= 4 is 15.8 Å². The molecule has 18 heavy (non-hydrogen) atoms. The van der Waals surface area contributed by atoms with E-state index in [4.69, 9.17) is 5.73 Å². The zero-order chi connectivity index (χ0) is 14.1. The molecule has 104 valence electrons. The van der Waals surface area contributed by atoms with Crippen LogP contribution in [-0.2, 0) is 16.6 Å². The molecular formula is C10H20N4O3S. The van der Waals surface area contributed by atoms with E-state index in [9.17, 15) is 13.5 Å². The van der Waals surface area contributed by atoms with Crippen LogP contribution in [-0.4, -0.2) is 46.8 Å². The maximum atomic E-state index is 12.2. The minimum Gasteiger partial charge on any atom is -0.389 e. The summed E-state index contributed by atoms with van der Waals surface area (Å²) in [5.74, 6) is -0.0283. The van der Waals surface area contributed by atoms with E-state index in [1.54, 1.807) is 0 Å². The Morgan fingerprint density at radius 1 is 1.56 bits per heavy atom. The van der Waals surface area contributed by atoms with Crippen molar-refractivity contribution in [3.8, 4) is 0 Å². The van der Waals surface area contributed by atoms with Crippen LogP contribution in [0.3, 0.4) is 0 Å². The van der Waals surface area contributed by atoms with Gasteiger partial charge in [0.05, 0.1) is 5.60 Å². The number of nitrogen functional groups attached to an aromatic ring is 1. The highest BCUT2D eigenvalue weighted by atomic mass is 32.2. The molecule has 7 nitrogen and oxygen atoms in total. The lowest BCUT2D eigenvalue weighted by Gasteiger charge is -2.24.